The van der Waals surface area contributed by atoms with Crippen LogP contribution in [0, 0.1) is 5.92 Å². The number of nitrogens with zero attached hydrogens (tertiary/aromatic N) is 1. The third kappa shape index (κ3) is 5.08. The molecule has 0 spiro atoms. The van der Waals surface area contributed by atoms with Crippen LogP contribution in [-0.4, -0.2) is 48.3 Å². The minimum Gasteiger partial charge on any atom is -0.351 e. The summed E-state index contributed by atoms with van der Waals surface area (Å²) in [7, 11) is 0. The molecule has 0 aromatic heterocycles. The van der Waals surface area contributed by atoms with Crippen molar-refractivity contribution in [2.45, 2.75) is 32.7 Å². The molecular formula is C18H25N3O3. The third-order valence-electron chi connectivity index (χ3n) is 4.08. The van der Waals surface area contributed by atoms with Crippen molar-refractivity contribution >= 4 is 17.7 Å². The molecule has 1 unspecified atom stereocenters. The molecule has 130 valence electrons. The minimum absolute atomic E-state index is 0.00618. The predicted molar refractivity (Wildman–Crippen MR) is 91.4 cm³/mol. The second-order valence-electron chi connectivity index (χ2n) is 6.39. The first-order valence-electron chi connectivity index (χ1n) is 8.38. The molecule has 0 radical (unpaired) electrons. The van der Waals surface area contributed by atoms with Crippen molar-refractivity contribution in [2.24, 2.45) is 5.92 Å². The standard InChI is InChI=1S/C18H25N3O3/c1-13(2)17(23)20-15-9-6-10-21(12-15)16(22)11-19-18(24)14-7-4-3-5-8-14/h3-5,7-8,13,15H,6,9-12H2,1-2H3,(H,19,24)(H,20,23). The predicted octanol–water partition coefficient (Wildman–Crippen LogP) is 1.18. The summed E-state index contributed by atoms with van der Waals surface area (Å²) in [6.07, 6.45) is 1.72. The first-order chi connectivity index (χ1) is 11.5. The van der Waals surface area contributed by atoms with Crippen LogP contribution in [0.1, 0.15) is 37.0 Å². The zero-order valence-corrected chi connectivity index (χ0v) is 14.2. The molecule has 0 saturated carbocycles. The van der Waals surface area contributed by atoms with E-state index in [-0.39, 0.29) is 36.2 Å². The van der Waals surface area contributed by atoms with Gasteiger partial charge in [-0.25, -0.2) is 0 Å². The number of benzene rings is 1. The molecule has 1 fully saturated rings. The molecule has 3 amide bonds. The number of carbonyl (C=O) groups excluding carboxylic acids is 3. The van der Waals surface area contributed by atoms with Gasteiger partial charge in [0.15, 0.2) is 0 Å². The van der Waals surface area contributed by atoms with Gasteiger partial charge >= 0.3 is 0 Å². The summed E-state index contributed by atoms with van der Waals surface area (Å²) >= 11 is 0. The van der Waals surface area contributed by atoms with Crippen molar-refractivity contribution in [2.75, 3.05) is 19.6 Å². The molecule has 1 aromatic rings. The summed E-state index contributed by atoms with van der Waals surface area (Å²) < 4.78 is 0. The molecule has 6 heteroatoms. The highest BCUT2D eigenvalue weighted by Gasteiger charge is 2.25. The molecule has 1 saturated heterocycles. The van der Waals surface area contributed by atoms with Gasteiger partial charge in [-0.15, -0.1) is 0 Å². The summed E-state index contributed by atoms with van der Waals surface area (Å²) in [5.41, 5.74) is 0.533. The SMILES string of the molecule is CC(C)C(=O)NC1CCCN(C(=O)CNC(=O)c2ccccc2)C1. The molecule has 2 rings (SSSR count). The summed E-state index contributed by atoms with van der Waals surface area (Å²) in [5, 5.41) is 5.63. The van der Waals surface area contributed by atoms with Crippen LogP contribution in [0.15, 0.2) is 30.3 Å². The molecule has 1 aromatic carbocycles. The van der Waals surface area contributed by atoms with Gasteiger partial charge in [-0.05, 0) is 25.0 Å². The Kier molecular flexibility index (Phi) is 6.35. The van der Waals surface area contributed by atoms with Gasteiger partial charge in [0.05, 0.1) is 6.54 Å². The lowest BCUT2D eigenvalue weighted by molar-refractivity contribution is -0.133. The maximum Gasteiger partial charge on any atom is 0.251 e. The van der Waals surface area contributed by atoms with E-state index in [1.807, 2.05) is 19.9 Å². The van der Waals surface area contributed by atoms with Crippen LogP contribution >= 0.6 is 0 Å². The fourth-order valence-electron chi connectivity index (χ4n) is 2.65. The quantitative estimate of drug-likeness (QED) is 0.850. The Labute approximate surface area is 142 Å². The van der Waals surface area contributed by atoms with Crippen LogP contribution in [0.5, 0.6) is 0 Å². The number of nitrogens with one attached hydrogen (secondary N) is 2. The lowest BCUT2D eigenvalue weighted by Gasteiger charge is -2.33. The van der Waals surface area contributed by atoms with Crippen LogP contribution in [-0.2, 0) is 9.59 Å². The Morgan fingerprint density at radius 3 is 2.58 bits per heavy atom. The highest BCUT2D eigenvalue weighted by Crippen LogP contribution is 2.11. The van der Waals surface area contributed by atoms with E-state index in [1.54, 1.807) is 29.2 Å². The van der Waals surface area contributed by atoms with Crippen molar-refractivity contribution in [1.82, 2.24) is 15.5 Å². The Bertz CT molecular complexity index is 586. The molecule has 24 heavy (non-hydrogen) atoms. The molecule has 1 heterocycles. The lowest BCUT2D eigenvalue weighted by Crippen LogP contribution is -2.52. The zero-order valence-electron chi connectivity index (χ0n) is 14.2. The zero-order chi connectivity index (χ0) is 17.5. The molecule has 6 nitrogen and oxygen atoms in total. The number of rotatable bonds is 5. The van der Waals surface area contributed by atoms with E-state index in [0.29, 0.717) is 18.7 Å². The fraction of sp³-hybridized carbons (Fsp3) is 0.500. The van der Waals surface area contributed by atoms with Gasteiger partial charge in [0, 0.05) is 30.6 Å². The first-order valence-corrected chi connectivity index (χ1v) is 8.38. The molecule has 0 bridgehead atoms. The Morgan fingerprint density at radius 1 is 1.21 bits per heavy atom. The number of hydrogen-bond donors (Lipinski definition) is 2. The average Bonchev–Trinajstić information content (AvgIpc) is 2.60. The normalized spacial score (nSPS) is 17.5. The number of likely N-dealkylation sites (tertiary alicyclic amines) is 1. The molecular weight excluding hydrogens is 306 g/mol. The van der Waals surface area contributed by atoms with E-state index >= 15 is 0 Å². The van der Waals surface area contributed by atoms with Crippen LogP contribution in [0.4, 0.5) is 0 Å². The fourth-order valence-corrected chi connectivity index (χ4v) is 2.65. The average molecular weight is 331 g/mol. The largest absolute Gasteiger partial charge is 0.351 e. The van der Waals surface area contributed by atoms with Gasteiger partial charge in [-0.2, -0.15) is 0 Å². The van der Waals surface area contributed by atoms with Crippen molar-refractivity contribution in [3.63, 3.8) is 0 Å². The maximum atomic E-state index is 12.3. The number of piperidine rings is 1. The van der Waals surface area contributed by atoms with Crippen molar-refractivity contribution in [3.8, 4) is 0 Å². The van der Waals surface area contributed by atoms with E-state index in [9.17, 15) is 14.4 Å². The highest BCUT2D eigenvalue weighted by atomic mass is 16.2. The van der Waals surface area contributed by atoms with Crippen LogP contribution in [0.25, 0.3) is 0 Å². The maximum absolute atomic E-state index is 12.3. The molecule has 1 aliphatic rings. The first kappa shape index (κ1) is 18.0. The molecule has 1 aliphatic heterocycles. The summed E-state index contributed by atoms with van der Waals surface area (Å²) in [6.45, 7) is 4.82. The van der Waals surface area contributed by atoms with E-state index in [2.05, 4.69) is 10.6 Å². The molecule has 2 N–H and O–H groups in total. The van der Waals surface area contributed by atoms with Gasteiger partial charge in [0.2, 0.25) is 11.8 Å². The number of carbonyl (C=O) groups is 3. The van der Waals surface area contributed by atoms with Crippen molar-refractivity contribution in [1.29, 1.82) is 0 Å². The summed E-state index contributed by atoms with van der Waals surface area (Å²) in [4.78, 5) is 37.8. The van der Waals surface area contributed by atoms with E-state index < -0.39 is 0 Å². The van der Waals surface area contributed by atoms with E-state index in [4.69, 9.17) is 0 Å². The third-order valence-corrected chi connectivity index (χ3v) is 4.08. The van der Waals surface area contributed by atoms with Gasteiger partial charge in [-0.3, -0.25) is 14.4 Å². The minimum atomic E-state index is -0.259. The van der Waals surface area contributed by atoms with Crippen molar-refractivity contribution in [3.05, 3.63) is 35.9 Å². The molecule has 0 aliphatic carbocycles. The summed E-state index contributed by atoms with van der Waals surface area (Å²) in [6, 6.07) is 8.80. The van der Waals surface area contributed by atoms with E-state index in [0.717, 1.165) is 12.8 Å². The Hall–Kier alpha value is -2.37. The van der Waals surface area contributed by atoms with Gasteiger partial charge < -0.3 is 15.5 Å². The van der Waals surface area contributed by atoms with Gasteiger partial charge in [0.25, 0.3) is 5.91 Å². The van der Waals surface area contributed by atoms with Crippen LogP contribution in [0.3, 0.4) is 0 Å². The second-order valence-corrected chi connectivity index (χ2v) is 6.39. The Balaban J connectivity index is 1.81. The highest BCUT2D eigenvalue weighted by molar-refractivity contribution is 5.96. The lowest BCUT2D eigenvalue weighted by atomic mass is 10.0. The monoisotopic (exact) mass is 331 g/mol. The van der Waals surface area contributed by atoms with Crippen LogP contribution < -0.4 is 10.6 Å². The smallest absolute Gasteiger partial charge is 0.251 e. The van der Waals surface area contributed by atoms with Gasteiger partial charge in [-0.1, -0.05) is 32.0 Å². The second kappa shape index (κ2) is 8.47. The Morgan fingerprint density at radius 2 is 1.92 bits per heavy atom. The number of hydrogen-bond acceptors (Lipinski definition) is 3. The van der Waals surface area contributed by atoms with E-state index in [1.165, 1.54) is 0 Å². The topological polar surface area (TPSA) is 78.5 Å². The van der Waals surface area contributed by atoms with Gasteiger partial charge in [0.1, 0.15) is 0 Å². The van der Waals surface area contributed by atoms with Crippen LogP contribution in [0.2, 0.25) is 0 Å². The summed E-state index contributed by atoms with van der Waals surface area (Å²) in [5.74, 6) is -0.443. The molecule has 1 atom stereocenters. The number of amides is 3. The van der Waals surface area contributed by atoms with Crippen molar-refractivity contribution < 1.29 is 14.4 Å².